The molecule has 0 aliphatic rings. The molecule has 1 heterocycles. The lowest BCUT2D eigenvalue weighted by Gasteiger charge is -2.07. The minimum Gasteiger partial charge on any atom is -0.465 e. The third-order valence-corrected chi connectivity index (χ3v) is 3.26. The van der Waals surface area contributed by atoms with Crippen LogP contribution in [0.15, 0.2) is 24.4 Å². The molecule has 6 heteroatoms. The second kappa shape index (κ2) is 5.88. The van der Waals surface area contributed by atoms with Gasteiger partial charge in [0, 0.05) is 11.2 Å². The van der Waals surface area contributed by atoms with Crippen LogP contribution in [0.2, 0.25) is 5.02 Å². The number of aldehydes is 1. The summed E-state index contributed by atoms with van der Waals surface area (Å²) in [7, 11) is 1.32. The molecule has 0 saturated carbocycles. The Bertz CT molecular complexity index is 664. The molecule has 20 heavy (non-hydrogen) atoms. The molecule has 1 aromatic carbocycles. The summed E-state index contributed by atoms with van der Waals surface area (Å²) in [6, 6.07) is 4.90. The zero-order chi connectivity index (χ0) is 14.7. The van der Waals surface area contributed by atoms with Gasteiger partial charge in [0.05, 0.1) is 19.2 Å². The highest BCUT2D eigenvalue weighted by Gasteiger charge is 2.11. The van der Waals surface area contributed by atoms with Gasteiger partial charge in [-0.05, 0) is 36.2 Å². The van der Waals surface area contributed by atoms with E-state index in [2.05, 4.69) is 9.84 Å². The fraction of sp³-hybridized carbons (Fsp3) is 0.214. The van der Waals surface area contributed by atoms with Crippen LogP contribution in [0.5, 0.6) is 0 Å². The SMILES string of the molecule is COC(=O)c1ccc(Cl)c(Cn2cc(C)c(C=O)n2)c1. The topological polar surface area (TPSA) is 61.2 Å². The van der Waals surface area contributed by atoms with Crippen molar-refractivity contribution in [2.24, 2.45) is 0 Å². The number of rotatable bonds is 4. The van der Waals surface area contributed by atoms with Gasteiger partial charge in [-0.15, -0.1) is 0 Å². The van der Waals surface area contributed by atoms with Crippen molar-refractivity contribution >= 4 is 23.9 Å². The molecule has 104 valence electrons. The molecule has 0 N–H and O–H groups in total. The molecule has 0 aliphatic heterocycles. The lowest BCUT2D eigenvalue weighted by molar-refractivity contribution is 0.0600. The predicted molar refractivity (Wildman–Crippen MR) is 74.2 cm³/mol. The largest absolute Gasteiger partial charge is 0.465 e. The maximum absolute atomic E-state index is 11.5. The Labute approximate surface area is 121 Å². The molecule has 0 saturated heterocycles. The first-order valence-electron chi connectivity index (χ1n) is 5.91. The molecule has 0 spiro atoms. The van der Waals surface area contributed by atoms with Gasteiger partial charge in [-0.1, -0.05) is 11.6 Å². The van der Waals surface area contributed by atoms with Crippen LogP contribution < -0.4 is 0 Å². The maximum Gasteiger partial charge on any atom is 0.337 e. The number of halogens is 1. The number of ether oxygens (including phenoxy) is 1. The molecule has 0 fully saturated rings. The number of carbonyl (C=O) groups is 2. The molecule has 2 aromatic rings. The number of carbonyl (C=O) groups excluding carboxylic acids is 2. The average Bonchev–Trinajstić information content (AvgIpc) is 2.80. The third kappa shape index (κ3) is 2.88. The highest BCUT2D eigenvalue weighted by atomic mass is 35.5. The Hall–Kier alpha value is -2.14. The van der Waals surface area contributed by atoms with E-state index in [0.29, 0.717) is 29.1 Å². The first-order valence-corrected chi connectivity index (χ1v) is 6.29. The Morgan fingerprint density at radius 1 is 1.50 bits per heavy atom. The molecule has 0 unspecified atom stereocenters. The molecule has 0 bridgehead atoms. The van der Waals surface area contributed by atoms with Crippen LogP contribution in [0.1, 0.15) is 32.0 Å². The zero-order valence-corrected chi connectivity index (χ0v) is 11.8. The fourth-order valence-electron chi connectivity index (χ4n) is 1.85. The van der Waals surface area contributed by atoms with E-state index in [1.54, 1.807) is 36.0 Å². The monoisotopic (exact) mass is 292 g/mol. The van der Waals surface area contributed by atoms with Crippen molar-refractivity contribution < 1.29 is 14.3 Å². The second-order valence-electron chi connectivity index (χ2n) is 4.31. The summed E-state index contributed by atoms with van der Waals surface area (Å²) in [5.41, 5.74) is 2.34. The summed E-state index contributed by atoms with van der Waals surface area (Å²) in [6.07, 6.45) is 2.46. The highest BCUT2D eigenvalue weighted by Crippen LogP contribution is 2.19. The van der Waals surface area contributed by atoms with Gasteiger partial charge in [0.25, 0.3) is 0 Å². The number of esters is 1. The lowest BCUT2D eigenvalue weighted by atomic mass is 10.1. The van der Waals surface area contributed by atoms with Gasteiger partial charge in [-0.3, -0.25) is 9.48 Å². The van der Waals surface area contributed by atoms with E-state index in [9.17, 15) is 9.59 Å². The van der Waals surface area contributed by atoms with Gasteiger partial charge in [0.1, 0.15) is 5.69 Å². The van der Waals surface area contributed by atoms with Crippen LogP contribution in [0.4, 0.5) is 0 Å². The van der Waals surface area contributed by atoms with E-state index < -0.39 is 5.97 Å². The van der Waals surface area contributed by atoms with E-state index in [1.165, 1.54) is 7.11 Å². The first-order chi connectivity index (χ1) is 9.55. The van der Waals surface area contributed by atoms with Crippen molar-refractivity contribution in [2.75, 3.05) is 7.11 Å². The van der Waals surface area contributed by atoms with Crippen LogP contribution >= 0.6 is 11.6 Å². The Morgan fingerprint density at radius 3 is 2.85 bits per heavy atom. The summed E-state index contributed by atoms with van der Waals surface area (Å²) in [5.74, 6) is -0.423. The van der Waals surface area contributed by atoms with Gasteiger partial charge >= 0.3 is 5.97 Å². The van der Waals surface area contributed by atoms with Crippen molar-refractivity contribution in [1.29, 1.82) is 0 Å². The number of aromatic nitrogens is 2. The maximum atomic E-state index is 11.5. The lowest BCUT2D eigenvalue weighted by Crippen LogP contribution is -2.05. The van der Waals surface area contributed by atoms with E-state index in [1.807, 2.05) is 0 Å². The van der Waals surface area contributed by atoms with E-state index in [4.69, 9.17) is 11.6 Å². The average molecular weight is 293 g/mol. The second-order valence-corrected chi connectivity index (χ2v) is 4.72. The van der Waals surface area contributed by atoms with Gasteiger partial charge in [0.15, 0.2) is 6.29 Å². The summed E-state index contributed by atoms with van der Waals surface area (Å²) < 4.78 is 6.28. The Balaban J connectivity index is 2.32. The summed E-state index contributed by atoms with van der Waals surface area (Å²) in [5, 5.41) is 4.66. The van der Waals surface area contributed by atoms with Crippen molar-refractivity contribution in [3.63, 3.8) is 0 Å². The fourth-order valence-corrected chi connectivity index (χ4v) is 2.03. The third-order valence-electron chi connectivity index (χ3n) is 2.89. The Morgan fingerprint density at radius 2 is 2.25 bits per heavy atom. The summed E-state index contributed by atoms with van der Waals surface area (Å²) >= 11 is 6.11. The van der Waals surface area contributed by atoms with Crippen molar-refractivity contribution in [3.8, 4) is 0 Å². The first kappa shape index (κ1) is 14.3. The number of methoxy groups -OCH3 is 1. The van der Waals surface area contributed by atoms with E-state index >= 15 is 0 Å². The number of benzene rings is 1. The number of hydrogen-bond donors (Lipinski definition) is 0. The minimum absolute atomic E-state index is 0.373. The number of hydrogen-bond acceptors (Lipinski definition) is 4. The van der Waals surface area contributed by atoms with Crippen LogP contribution in [0.3, 0.4) is 0 Å². The number of nitrogens with zero attached hydrogens (tertiary/aromatic N) is 2. The molecular weight excluding hydrogens is 280 g/mol. The van der Waals surface area contributed by atoms with Crippen molar-refractivity contribution in [2.45, 2.75) is 13.5 Å². The van der Waals surface area contributed by atoms with Gasteiger partial charge in [-0.25, -0.2) is 4.79 Å². The molecule has 0 atom stereocenters. The van der Waals surface area contributed by atoms with Crippen molar-refractivity contribution in [1.82, 2.24) is 9.78 Å². The predicted octanol–water partition coefficient (Wildman–Crippen LogP) is 2.49. The molecule has 0 radical (unpaired) electrons. The molecular formula is C14H13ClN2O3. The smallest absolute Gasteiger partial charge is 0.337 e. The molecule has 2 rings (SSSR count). The van der Waals surface area contributed by atoms with E-state index in [0.717, 1.165) is 11.1 Å². The Kier molecular flexibility index (Phi) is 4.20. The van der Waals surface area contributed by atoms with Gasteiger partial charge in [-0.2, -0.15) is 5.10 Å². The molecule has 1 aromatic heterocycles. The minimum atomic E-state index is -0.423. The summed E-state index contributed by atoms with van der Waals surface area (Å²) in [4.78, 5) is 22.3. The number of aryl methyl sites for hydroxylation is 1. The van der Waals surface area contributed by atoms with Crippen LogP contribution in [0, 0.1) is 6.92 Å². The van der Waals surface area contributed by atoms with Crippen molar-refractivity contribution in [3.05, 3.63) is 51.8 Å². The van der Waals surface area contributed by atoms with Crippen LogP contribution in [-0.2, 0) is 11.3 Å². The van der Waals surface area contributed by atoms with Crippen LogP contribution in [-0.4, -0.2) is 29.1 Å². The van der Waals surface area contributed by atoms with Gasteiger partial charge in [0.2, 0.25) is 0 Å². The highest BCUT2D eigenvalue weighted by molar-refractivity contribution is 6.31. The van der Waals surface area contributed by atoms with E-state index in [-0.39, 0.29) is 0 Å². The molecule has 5 nitrogen and oxygen atoms in total. The standard InChI is InChI=1S/C14H13ClN2O3/c1-9-6-17(16-13(9)8-18)7-11-5-10(14(19)20-2)3-4-12(11)15/h3-6,8H,7H2,1-2H3. The zero-order valence-electron chi connectivity index (χ0n) is 11.1. The van der Waals surface area contributed by atoms with Crippen LogP contribution in [0.25, 0.3) is 0 Å². The molecule has 0 aliphatic carbocycles. The molecule has 0 amide bonds. The van der Waals surface area contributed by atoms with Gasteiger partial charge < -0.3 is 4.74 Å². The summed E-state index contributed by atoms with van der Waals surface area (Å²) in [6.45, 7) is 2.18. The normalized spacial score (nSPS) is 10.3. The quantitative estimate of drug-likeness (QED) is 0.641.